The molecule has 2 aromatic carbocycles. The van der Waals surface area contributed by atoms with Gasteiger partial charge in [-0.2, -0.15) is 5.10 Å². The van der Waals surface area contributed by atoms with Gasteiger partial charge < -0.3 is 16.0 Å². The lowest BCUT2D eigenvalue weighted by Gasteiger charge is -2.17. The fourth-order valence-electron chi connectivity index (χ4n) is 3.02. The lowest BCUT2D eigenvalue weighted by Crippen LogP contribution is -2.38. The van der Waals surface area contributed by atoms with Gasteiger partial charge in [0.25, 0.3) is 11.5 Å². The maximum Gasteiger partial charge on any atom is 0.267 e. The number of nitrogens with one attached hydrogen (secondary N) is 3. The zero-order valence-electron chi connectivity index (χ0n) is 20.0. The Labute approximate surface area is 203 Å². The molecule has 0 bridgehead atoms. The Morgan fingerprint density at radius 1 is 0.857 bits per heavy atom. The highest BCUT2D eigenvalue weighted by molar-refractivity contribution is 5.97. The number of carbonyl (C=O) groups excluding carboxylic acids is 3. The van der Waals surface area contributed by atoms with E-state index in [0.717, 1.165) is 10.2 Å². The molecule has 182 valence electrons. The molecule has 1 aromatic heterocycles. The van der Waals surface area contributed by atoms with E-state index in [9.17, 15) is 19.2 Å². The molecule has 3 aromatic rings. The molecule has 0 spiro atoms. The van der Waals surface area contributed by atoms with E-state index in [1.54, 1.807) is 30.3 Å². The Kier molecular flexibility index (Phi) is 8.14. The zero-order valence-corrected chi connectivity index (χ0v) is 20.0. The first-order valence-electron chi connectivity index (χ1n) is 11.2. The highest BCUT2D eigenvalue weighted by Crippen LogP contribution is 2.18. The highest BCUT2D eigenvalue weighted by atomic mass is 16.2. The van der Waals surface area contributed by atoms with Crippen molar-refractivity contribution in [1.29, 1.82) is 0 Å². The lowest BCUT2D eigenvalue weighted by atomic mass is 9.95. The van der Waals surface area contributed by atoms with Crippen LogP contribution < -0.4 is 21.5 Å². The molecule has 0 unspecified atom stereocenters. The second-order valence-corrected chi connectivity index (χ2v) is 8.97. The fraction of sp³-hybridized carbons (Fsp3) is 0.269. The molecule has 9 nitrogen and oxygen atoms in total. The fourth-order valence-corrected chi connectivity index (χ4v) is 3.02. The Morgan fingerprint density at radius 3 is 2.17 bits per heavy atom. The molecule has 0 aliphatic carbocycles. The third-order valence-electron chi connectivity index (χ3n) is 5.05. The minimum atomic E-state index is -0.519. The molecule has 0 aliphatic rings. The summed E-state index contributed by atoms with van der Waals surface area (Å²) < 4.78 is 1.11. The van der Waals surface area contributed by atoms with Crippen LogP contribution >= 0.6 is 0 Å². The molecule has 3 amide bonds. The van der Waals surface area contributed by atoms with Crippen molar-refractivity contribution in [3.63, 3.8) is 0 Å². The average Bonchev–Trinajstić information content (AvgIpc) is 2.83. The van der Waals surface area contributed by atoms with Gasteiger partial charge in [0.05, 0.1) is 5.69 Å². The van der Waals surface area contributed by atoms with Crippen LogP contribution in [0.15, 0.2) is 71.5 Å². The van der Waals surface area contributed by atoms with E-state index in [2.05, 4.69) is 21.0 Å². The topological polar surface area (TPSA) is 122 Å². The molecule has 1 heterocycles. The van der Waals surface area contributed by atoms with Gasteiger partial charge in [-0.3, -0.25) is 19.2 Å². The van der Waals surface area contributed by atoms with Crippen molar-refractivity contribution < 1.29 is 14.4 Å². The molecule has 0 radical (unpaired) electrons. The minimum absolute atomic E-state index is 0.116. The predicted molar refractivity (Wildman–Crippen MR) is 134 cm³/mol. The molecule has 3 rings (SSSR count). The van der Waals surface area contributed by atoms with Gasteiger partial charge in [0, 0.05) is 41.4 Å². The summed E-state index contributed by atoms with van der Waals surface area (Å²) in [6.45, 7) is 5.63. The molecule has 9 heteroatoms. The summed E-state index contributed by atoms with van der Waals surface area (Å²) >= 11 is 0. The number of benzene rings is 2. The van der Waals surface area contributed by atoms with Gasteiger partial charge in [-0.1, -0.05) is 51.1 Å². The second kappa shape index (κ2) is 11.2. The van der Waals surface area contributed by atoms with Crippen LogP contribution in [-0.4, -0.2) is 40.6 Å². The molecular formula is C26H29N5O4. The predicted octanol–water partition coefficient (Wildman–Crippen LogP) is 2.44. The summed E-state index contributed by atoms with van der Waals surface area (Å²) in [5, 5.41) is 12.5. The first kappa shape index (κ1) is 25.4. The number of carbonyl (C=O) groups is 3. The van der Waals surface area contributed by atoms with Gasteiger partial charge in [-0.05, 0) is 30.3 Å². The van der Waals surface area contributed by atoms with Crippen molar-refractivity contribution in [2.45, 2.75) is 27.3 Å². The van der Waals surface area contributed by atoms with Crippen molar-refractivity contribution in [2.24, 2.45) is 5.41 Å². The molecular weight excluding hydrogens is 446 g/mol. The van der Waals surface area contributed by atoms with Gasteiger partial charge >= 0.3 is 0 Å². The van der Waals surface area contributed by atoms with Gasteiger partial charge in [0.1, 0.15) is 6.54 Å². The third kappa shape index (κ3) is 7.36. The first-order valence-corrected chi connectivity index (χ1v) is 11.2. The molecule has 3 N–H and O–H groups in total. The standard InChI is InChI=1S/C26H29N5O4/c1-26(2,3)25(35)29-20-11-9-19(10-12-20)24(34)28-16-15-27-22(32)17-31-23(33)14-13-21(30-31)18-7-5-4-6-8-18/h4-14H,15-17H2,1-3H3,(H,27,32)(H,28,34)(H,29,35). The van der Waals surface area contributed by atoms with Gasteiger partial charge in [-0.25, -0.2) is 4.68 Å². The molecule has 0 saturated carbocycles. The Bertz CT molecular complexity index is 1250. The van der Waals surface area contributed by atoms with Crippen LogP contribution in [0, 0.1) is 5.41 Å². The van der Waals surface area contributed by atoms with Crippen molar-refractivity contribution in [2.75, 3.05) is 18.4 Å². The zero-order chi connectivity index (χ0) is 25.4. The maximum atomic E-state index is 12.3. The van der Waals surface area contributed by atoms with E-state index in [1.807, 2.05) is 51.1 Å². The van der Waals surface area contributed by atoms with Crippen LogP contribution in [0.3, 0.4) is 0 Å². The van der Waals surface area contributed by atoms with Crippen molar-refractivity contribution in [1.82, 2.24) is 20.4 Å². The summed E-state index contributed by atoms with van der Waals surface area (Å²) in [5.74, 6) is -0.811. The van der Waals surface area contributed by atoms with E-state index in [-0.39, 0.29) is 37.0 Å². The highest BCUT2D eigenvalue weighted by Gasteiger charge is 2.21. The second-order valence-electron chi connectivity index (χ2n) is 8.97. The number of anilines is 1. The van der Waals surface area contributed by atoms with Gasteiger partial charge in [0.2, 0.25) is 11.8 Å². The van der Waals surface area contributed by atoms with Crippen LogP contribution in [0.25, 0.3) is 11.3 Å². The van der Waals surface area contributed by atoms with Gasteiger partial charge in [-0.15, -0.1) is 0 Å². The Hall–Kier alpha value is -4.27. The minimum Gasteiger partial charge on any atom is -0.353 e. The summed E-state index contributed by atoms with van der Waals surface area (Å²) in [6, 6.07) is 18.9. The van der Waals surface area contributed by atoms with Crippen molar-refractivity contribution >= 4 is 23.4 Å². The van der Waals surface area contributed by atoms with Crippen LogP contribution in [0.5, 0.6) is 0 Å². The molecule has 0 fully saturated rings. The number of rotatable bonds is 8. The summed E-state index contributed by atoms with van der Waals surface area (Å²) in [6.07, 6.45) is 0. The summed E-state index contributed by atoms with van der Waals surface area (Å²) in [4.78, 5) is 48.7. The Morgan fingerprint density at radius 2 is 1.51 bits per heavy atom. The van der Waals surface area contributed by atoms with Crippen LogP contribution in [0.1, 0.15) is 31.1 Å². The largest absolute Gasteiger partial charge is 0.353 e. The number of amides is 3. The normalized spacial score (nSPS) is 10.9. The average molecular weight is 476 g/mol. The quantitative estimate of drug-likeness (QED) is 0.432. The number of hydrogen-bond acceptors (Lipinski definition) is 5. The van der Waals surface area contributed by atoms with Gasteiger partial charge in [0.15, 0.2) is 0 Å². The number of hydrogen-bond donors (Lipinski definition) is 3. The molecule has 35 heavy (non-hydrogen) atoms. The van der Waals surface area contributed by atoms with E-state index < -0.39 is 11.3 Å². The Balaban J connectivity index is 1.45. The van der Waals surface area contributed by atoms with E-state index in [1.165, 1.54) is 6.07 Å². The lowest BCUT2D eigenvalue weighted by molar-refractivity contribution is -0.123. The monoisotopic (exact) mass is 475 g/mol. The van der Waals surface area contributed by atoms with Crippen LogP contribution in [0.4, 0.5) is 5.69 Å². The molecule has 0 atom stereocenters. The number of nitrogens with zero attached hydrogens (tertiary/aromatic N) is 2. The van der Waals surface area contributed by atoms with E-state index in [0.29, 0.717) is 16.9 Å². The van der Waals surface area contributed by atoms with E-state index >= 15 is 0 Å². The van der Waals surface area contributed by atoms with Crippen molar-refractivity contribution in [3.05, 3.63) is 82.6 Å². The van der Waals surface area contributed by atoms with E-state index in [4.69, 9.17) is 0 Å². The van der Waals surface area contributed by atoms with Crippen LogP contribution in [-0.2, 0) is 16.1 Å². The first-order chi connectivity index (χ1) is 16.6. The smallest absolute Gasteiger partial charge is 0.267 e. The number of aromatic nitrogens is 2. The van der Waals surface area contributed by atoms with Crippen LogP contribution in [0.2, 0.25) is 0 Å². The SMILES string of the molecule is CC(C)(C)C(=O)Nc1ccc(C(=O)NCCNC(=O)Cn2nc(-c3ccccc3)ccc2=O)cc1. The third-order valence-corrected chi connectivity index (χ3v) is 5.05. The maximum absolute atomic E-state index is 12.3. The van der Waals surface area contributed by atoms with Crippen molar-refractivity contribution in [3.8, 4) is 11.3 Å². The summed E-state index contributed by atoms with van der Waals surface area (Å²) in [5.41, 5.74) is 1.57. The molecule has 0 saturated heterocycles. The molecule has 0 aliphatic heterocycles. The summed E-state index contributed by atoms with van der Waals surface area (Å²) in [7, 11) is 0.